The van der Waals surface area contributed by atoms with Crippen LogP contribution >= 0.6 is 23.4 Å². The summed E-state index contributed by atoms with van der Waals surface area (Å²) in [6, 6.07) is 15.2. The van der Waals surface area contributed by atoms with Crippen LogP contribution in [0.15, 0.2) is 78.9 Å². The van der Waals surface area contributed by atoms with Crippen molar-refractivity contribution in [1.82, 2.24) is 4.90 Å². The van der Waals surface area contributed by atoms with E-state index in [1.807, 2.05) is 61.6 Å². The molecule has 0 aliphatic carbocycles. The Hall–Kier alpha value is -3.07. The number of fused-ring (bicyclic) bond motifs is 2. The summed E-state index contributed by atoms with van der Waals surface area (Å²) in [5.41, 5.74) is 1.46. The molecule has 1 spiro atoms. The number of para-hydroxylation sites is 1. The number of hydrogen-bond acceptors (Lipinski definition) is 5. The Morgan fingerprint density at radius 2 is 1.62 bits per heavy atom. The summed E-state index contributed by atoms with van der Waals surface area (Å²) in [4.78, 5) is 48.0. The molecule has 0 aromatic heterocycles. The number of thioether (sulfide) groups is 1. The Balaban J connectivity index is 1.46. The Kier molecular flexibility index (Phi) is 6.81. The van der Waals surface area contributed by atoms with Gasteiger partial charge in [0.05, 0.1) is 29.2 Å². The van der Waals surface area contributed by atoms with Gasteiger partial charge in [0.2, 0.25) is 11.8 Å². The number of hydrogen-bond donors (Lipinski definition) is 1. The van der Waals surface area contributed by atoms with Crippen LogP contribution in [0.4, 0.5) is 11.4 Å². The van der Waals surface area contributed by atoms with E-state index in [1.165, 1.54) is 11.8 Å². The van der Waals surface area contributed by atoms with Gasteiger partial charge in [-0.3, -0.25) is 14.4 Å². The standard InChI is InChI=1S/C30H30ClN3O4S/c1-2-20(18-35)34-26-29(38)33(22-13-11-19(31)12-14-22)17-7-15-30(26)25(28(34)37)24-23(39-30)10-6-16-32(27(24)36)21-8-4-3-5-9-21/h3-15,20,23-26,35H,2,16-18H2,1H3/t20-,23+,24-,25-,26?,30-/m0/s1. The van der Waals surface area contributed by atoms with Crippen LogP contribution in [-0.2, 0) is 14.4 Å². The SMILES string of the molecule is CC[C@@H](CO)N1C(=O)[C@@H]2[C@H]3C(=O)N(c4ccccc4)CC=C[C@H]3S[C@@]23C=CCN(c2ccc(Cl)cc2)C(=O)C13. The van der Waals surface area contributed by atoms with E-state index in [0.29, 0.717) is 30.2 Å². The van der Waals surface area contributed by atoms with Gasteiger partial charge < -0.3 is 19.8 Å². The average Bonchev–Trinajstić information content (AvgIpc) is 3.26. The fraction of sp³-hybridized carbons (Fsp3) is 0.367. The van der Waals surface area contributed by atoms with Crippen LogP contribution in [0, 0.1) is 11.8 Å². The summed E-state index contributed by atoms with van der Waals surface area (Å²) in [6.07, 6.45) is 8.44. The molecule has 4 heterocycles. The topological polar surface area (TPSA) is 81.2 Å². The fourth-order valence-electron chi connectivity index (χ4n) is 6.58. The van der Waals surface area contributed by atoms with Gasteiger partial charge in [0.25, 0.3) is 5.91 Å². The molecule has 39 heavy (non-hydrogen) atoms. The number of aliphatic hydroxyl groups is 1. The summed E-state index contributed by atoms with van der Waals surface area (Å²) < 4.78 is -0.938. The molecule has 2 aromatic carbocycles. The molecule has 1 unspecified atom stereocenters. The van der Waals surface area contributed by atoms with Crippen molar-refractivity contribution in [2.45, 2.75) is 35.4 Å². The number of carbonyl (C=O) groups is 3. The van der Waals surface area contributed by atoms with E-state index < -0.39 is 28.7 Å². The largest absolute Gasteiger partial charge is 0.394 e. The predicted molar refractivity (Wildman–Crippen MR) is 154 cm³/mol. The van der Waals surface area contributed by atoms with Crippen molar-refractivity contribution in [3.05, 3.63) is 83.9 Å². The Bertz CT molecular complexity index is 1350. The number of halogens is 1. The molecule has 0 saturated carbocycles. The molecule has 4 aliphatic rings. The average molecular weight is 564 g/mol. The van der Waals surface area contributed by atoms with Crippen molar-refractivity contribution in [1.29, 1.82) is 0 Å². The molecule has 9 heteroatoms. The maximum Gasteiger partial charge on any atom is 0.251 e. The zero-order chi connectivity index (χ0) is 27.3. The normalized spacial score (nSPS) is 30.6. The van der Waals surface area contributed by atoms with Crippen molar-refractivity contribution in [3.8, 4) is 0 Å². The summed E-state index contributed by atoms with van der Waals surface area (Å²) in [6.45, 7) is 2.39. The number of rotatable bonds is 5. The molecule has 6 atom stereocenters. The van der Waals surface area contributed by atoms with Gasteiger partial charge >= 0.3 is 0 Å². The van der Waals surface area contributed by atoms with Crippen molar-refractivity contribution >= 4 is 52.5 Å². The number of carbonyl (C=O) groups excluding carboxylic acids is 3. The van der Waals surface area contributed by atoms with E-state index >= 15 is 0 Å². The summed E-state index contributed by atoms with van der Waals surface area (Å²) >= 11 is 7.65. The molecular formula is C30H30ClN3O4S. The van der Waals surface area contributed by atoms with Gasteiger partial charge in [-0.15, -0.1) is 11.8 Å². The molecular weight excluding hydrogens is 534 g/mol. The number of benzene rings is 2. The highest BCUT2D eigenvalue weighted by molar-refractivity contribution is 8.02. The number of amides is 3. The van der Waals surface area contributed by atoms with Crippen molar-refractivity contribution < 1.29 is 19.5 Å². The molecule has 2 saturated heterocycles. The zero-order valence-electron chi connectivity index (χ0n) is 21.5. The van der Waals surface area contributed by atoms with Crippen LogP contribution in [0.3, 0.4) is 0 Å². The van der Waals surface area contributed by atoms with E-state index in [4.69, 9.17) is 11.6 Å². The van der Waals surface area contributed by atoms with E-state index in [1.54, 1.807) is 39.0 Å². The Morgan fingerprint density at radius 1 is 0.949 bits per heavy atom. The number of anilines is 2. The lowest BCUT2D eigenvalue weighted by molar-refractivity contribution is -0.141. The van der Waals surface area contributed by atoms with Crippen LogP contribution in [0.1, 0.15) is 13.3 Å². The highest BCUT2D eigenvalue weighted by atomic mass is 35.5. The zero-order valence-corrected chi connectivity index (χ0v) is 23.1. The van der Waals surface area contributed by atoms with Crippen LogP contribution in [0.5, 0.6) is 0 Å². The van der Waals surface area contributed by atoms with Gasteiger partial charge in [0, 0.05) is 34.7 Å². The first-order chi connectivity index (χ1) is 18.9. The van der Waals surface area contributed by atoms with Crippen LogP contribution in [0.2, 0.25) is 5.02 Å². The molecule has 0 radical (unpaired) electrons. The minimum atomic E-state index is -0.938. The van der Waals surface area contributed by atoms with Crippen LogP contribution in [0.25, 0.3) is 0 Å². The van der Waals surface area contributed by atoms with Crippen LogP contribution < -0.4 is 9.80 Å². The summed E-state index contributed by atoms with van der Waals surface area (Å²) in [5.74, 6) is -1.94. The third-order valence-corrected chi connectivity index (χ3v) is 10.4. The second kappa shape index (κ2) is 10.2. The third-order valence-electron chi connectivity index (χ3n) is 8.38. The highest BCUT2D eigenvalue weighted by Gasteiger charge is 2.71. The smallest absolute Gasteiger partial charge is 0.251 e. The number of nitrogens with zero attached hydrogens (tertiary/aromatic N) is 3. The van der Waals surface area contributed by atoms with Crippen molar-refractivity contribution in [3.63, 3.8) is 0 Å². The van der Waals surface area contributed by atoms with Crippen LogP contribution in [-0.4, -0.2) is 69.5 Å². The molecule has 0 bridgehead atoms. The molecule has 3 amide bonds. The second-order valence-electron chi connectivity index (χ2n) is 10.4. The first-order valence-corrected chi connectivity index (χ1v) is 14.6. The third kappa shape index (κ3) is 4.03. The lowest BCUT2D eigenvalue weighted by Crippen LogP contribution is -2.56. The molecule has 4 aliphatic heterocycles. The van der Waals surface area contributed by atoms with Gasteiger partial charge in [0.15, 0.2) is 0 Å². The van der Waals surface area contributed by atoms with Gasteiger partial charge in [-0.05, 0) is 42.8 Å². The first-order valence-electron chi connectivity index (χ1n) is 13.3. The van der Waals surface area contributed by atoms with Crippen molar-refractivity contribution in [2.24, 2.45) is 11.8 Å². The lowest BCUT2D eigenvalue weighted by atomic mass is 9.78. The highest BCUT2D eigenvalue weighted by Crippen LogP contribution is 2.61. The predicted octanol–water partition coefficient (Wildman–Crippen LogP) is 3.91. The fourth-order valence-corrected chi connectivity index (χ4v) is 8.70. The van der Waals surface area contributed by atoms with Gasteiger partial charge in [0.1, 0.15) is 6.04 Å². The summed E-state index contributed by atoms with van der Waals surface area (Å²) in [7, 11) is 0. The lowest BCUT2D eigenvalue weighted by Gasteiger charge is -2.38. The van der Waals surface area contributed by atoms with E-state index in [9.17, 15) is 19.5 Å². The quantitative estimate of drug-likeness (QED) is 0.558. The maximum atomic E-state index is 14.4. The minimum absolute atomic E-state index is 0.115. The van der Waals surface area contributed by atoms with E-state index in [2.05, 4.69) is 0 Å². The monoisotopic (exact) mass is 563 g/mol. The molecule has 2 fully saturated rings. The van der Waals surface area contributed by atoms with Crippen molar-refractivity contribution in [2.75, 3.05) is 29.5 Å². The van der Waals surface area contributed by atoms with E-state index in [-0.39, 0.29) is 29.6 Å². The first kappa shape index (κ1) is 26.2. The van der Waals surface area contributed by atoms with Gasteiger partial charge in [-0.1, -0.05) is 61.0 Å². The van der Waals surface area contributed by atoms with E-state index in [0.717, 1.165) is 5.69 Å². The Morgan fingerprint density at radius 3 is 2.31 bits per heavy atom. The maximum absolute atomic E-state index is 14.4. The molecule has 202 valence electrons. The molecule has 6 rings (SSSR count). The molecule has 7 nitrogen and oxygen atoms in total. The number of aliphatic hydroxyl groups excluding tert-OH is 1. The Labute approximate surface area is 237 Å². The minimum Gasteiger partial charge on any atom is -0.394 e. The second-order valence-corrected chi connectivity index (χ2v) is 12.3. The molecule has 1 N–H and O–H groups in total. The van der Waals surface area contributed by atoms with Gasteiger partial charge in [-0.2, -0.15) is 0 Å². The summed E-state index contributed by atoms with van der Waals surface area (Å²) in [5, 5.41) is 10.6. The molecule has 2 aromatic rings. The van der Waals surface area contributed by atoms with Gasteiger partial charge in [-0.25, -0.2) is 0 Å². The number of likely N-dealkylation sites (tertiary alicyclic amines) is 1.